The second-order valence-corrected chi connectivity index (χ2v) is 3.55. The van der Waals surface area contributed by atoms with Crippen molar-refractivity contribution in [1.82, 2.24) is 9.78 Å². The minimum Gasteiger partial charge on any atom is -0.396 e. The first-order valence-corrected chi connectivity index (χ1v) is 4.78. The summed E-state index contributed by atoms with van der Waals surface area (Å²) in [5.74, 6) is -5.19. The Kier molecular flexibility index (Phi) is 2.91. The van der Waals surface area contributed by atoms with Crippen LogP contribution in [0, 0.1) is 17.5 Å². The smallest absolute Gasteiger partial charge is 0.396 e. The van der Waals surface area contributed by atoms with Gasteiger partial charge in [0.05, 0.1) is 11.9 Å². The molecule has 0 unspecified atom stereocenters. The maximum absolute atomic E-state index is 13.4. The normalized spacial score (nSPS) is 11.9. The molecule has 0 bridgehead atoms. The first-order valence-electron chi connectivity index (χ1n) is 4.78. The average Bonchev–Trinajstić information content (AvgIpc) is 2.68. The molecule has 0 fully saturated rings. The van der Waals surface area contributed by atoms with E-state index in [1.807, 2.05) is 0 Å². The quantitative estimate of drug-likeness (QED) is 0.645. The van der Waals surface area contributed by atoms with E-state index in [-0.39, 0.29) is 4.68 Å². The van der Waals surface area contributed by atoms with Crippen molar-refractivity contribution in [2.45, 2.75) is 6.18 Å². The Balaban J connectivity index is 2.71. The Hall–Kier alpha value is -2.19. The molecule has 0 amide bonds. The number of benzene rings is 1. The predicted molar refractivity (Wildman–Crippen MR) is 52.9 cm³/mol. The Bertz CT molecular complexity index is 631. The third-order valence-electron chi connectivity index (χ3n) is 2.31. The van der Waals surface area contributed by atoms with Crippen LogP contribution >= 0.6 is 0 Å². The number of nitrogens with two attached hydrogens (primary N) is 1. The van der Waals surface area contributed by atoms with Crippen molar-refractivity contribution in [1.29, 1.82) is 0 Å². The number of nitrogens with zero attached hydrogens (tertiary/aromatic N) is 2. The molecule has 0 saturated carbocycles. The van der Waals surface area contributed by atoms with Crippen LogP contribution in [0.4, 0.5) is 32.0 Å². The molecular weight excluding hydrogens is 276 g/mol. The van der Waals surface area contributed by atoms with E-state index in [1.54, 1.807) is 0 Å². The number of halogens is 6. The highest BCUT2D eigenvalue weighted by Gasteiger charge is 2.38. The van der Waals surface area contributed by atoms with Gasteiger partial charge in [-0.3, -0.25) is 0 Å². The van der Waals surface area contributed by atoms with E-state index in [2.05, 4.69) is 5.10 Å². The molecule has 2 rings (SSSR count). The van der Waals surface area contributed by atoms with Crippen molar-refractivity contribution in [3.05, 3.63) is 41.5 Å². The zero-order valence-corrected chi connectivity index (χ0v) is 8.97. The van der Waals surface area contributed by atoms with Gasteiger partial charge >= 0.3 is 6.18 Å². The summed E-state index contributed by atoms with van der Waals surface area (Å²) in [6.07, 6.45) is -4.28. The molecule has 9 heteroatoms. The van der Waals surface area contributed by atoms with E-state index in [9.17, 15) is 26.3 Å². The van der Waals surface area contributed by atoms with Gasteiger partial charge in [0.2, 0.25) is 0 Å². The summed E-state index contributed by atoms with van der Waals surface area (Å²) in [5.41, 5.74) is 1.99. The van der Waals surface area contributed by atoms with Gasteiger partial charge in [-0.25, -0.2) is 17.9 Å². The van der Waals surface area contributed by atoms with Gasteiger partial charge in [-0.1, -0.05) is 0 Å². The summed E-state index contributed by atoms with van der Waals surface area (Å²) in [6.45, 7) is 0. The van der Waals surface area contributed by atoms with Crippen LogP contribution in [0.25, 0.3) is 5.69 Å². The number of alkyl halides is 3. The molecule has 102 valence electrons. The van der Waals surface area contributed by atoms with Crippen molar-refractivity contribution in [3.8, 4) is 5.69 Å². The molecule has 2 aromatic rings. The summed E-state index contributed by atoms with van der Waals surface area (Å²) in [4.78, 5) is 0. The topological polar surface area (TPSA) is 43.8 Å². The lowest BCUT2D eigenvalue weighted by atomic mass is 10.2. The van der Waals surface area contributed by atoms with Crippen LogP contribution in [0.3, 0.4) is 0 Å². The lowest BCUT2D eigenvalue weighted by Crippen LogP contribution is -2.16. The molecule has 2 N–H and O–H groups in total. The maximum Gasteiger partial charge on any atom is 0.435 e. The van der Waals surface area contributed by atoms with Gasteiger partial charge in [-0.15, -0.1) is 0 Å². The monoisotopic (exact) mass is 281 g/mol. The highest BCUT2D eigenvalue weighted by Crippen LogP contribution is 2.35. The summed E-state index contributed by atoms with van der Waals surface area (Å²) in [5, 5.41) is 3.23. The third-order valence-corrected chi connectivity index (χ3v) is 2.31. The van der Waals surface area contributed by atoms with Gasteiger partial charge in [0.15, 0.2) is 23.1 Å². The molecule has 0 saturated heterocycles. The van der Waals surface area contributed by atoms with Crippen LogP contribution in [0.2, 0.25) is 0 Å². The van der Waals surface area contributed by atoms with Gasteiger partial charge in [0.1, 0.15) is 5.69 Å². The second kappa shape index (κ2) is 4.18. The Labute approximate surface area is 102 Å². The highest BCUT2D eigenvalue weighted by molar-refractivity contribution is 5.48. The molecule has 0 aliphatic heterocycles. The number of hydrogen-bond acceptors (Lipinski definition) is 2. The molecule has 0 aliphatic carbocycles. The molecule has 0 aliphatic rings. The average molecular weight is 281 g/mol. The molecule has 1 aromatic carbocycles. The predicted octanol–water partition coefficient (Wildman–Crippen LogP) is 2.89. The molecule has 0 spiro atoms. The molecule has 19 heavy (non-hydrogen) atoms. The summed E-state index contributed by atoms with van der Waals surface area (Å²) >= 11 is 0. The van der Waals surface area contributed by atoms with E-state index in [4.69, 9.17) is 5.73 Å². The van der Waals surface area contributed by atoms with E-state index in [1.165, 1.54) is 0 Å². The number of rotatable bonds is 1. The number of anilines is 1. The summed E-state index contributed by atoms with van der Waals surface area (Å²) in [7, 11) is 0. The highest BCUT2D eigenvalue weighted by atomic mass is 19.4. The largest absolute Gasteiger partial charge is 0.435 e. The zero-order valence-electron chi connectivity index (χ0n) is 8.97. The van der Waals surface area contributed by atoms with Crippen molar-refractivity contribution in [2.75, 3.05) is 5.73 Å². The van der Waals surface area contributed by atoms with Gasteiger partial charge in [-0.2, -0.15) is 18.3 Å². The van der Waals surface area contributed by atoms with Crippen LogP contribution in [-0.4, -0.2) is 9.78 Å². The molecule has 1 heterocycles. The number of aromatic nitrogens is 2. The fraction of sp³-hybridized carbons (Fsp3) is 0.100. The Morgan fingerprint density at radius 2 is 1.68 bits per heavy atom. The van der Waals surface area contributed by atoms with Crippen LogP contribution in [0.1, 0.15) is 5.69 Å². The fourth-order valence-corrected chi connectivity index (χ4v) is 1.51. The van der Waals surface area contributed by atoms with Crippen LogP contribution < -0.4 is 5.73 Å². The van der Waals surface area contributed by atoms with Gasteiger partial charge in [0.25, 0.3) is 0 Å². The standard InChI is InChI=1S/C10H5F6N3/c11-4-1-2-6(8(13)7(4)12)19-9(10(14,15)16)5(17)3-18-19/h1-3H,17H2. The number of nitrogen functional groups attached to an aromatic ring is 1. The van der Waals surface area contributed by atoms with E-state index < -0.39 is 40.7 Å². The first-order chi connectivity index (χ1) is 8.73. The zero-order chi connectivity index (χ0) is 14.4. The first kappa shape index (κ1) is 13.2. The summed E-state index contributed by atoms with van der Waals surface area (Å²) < 4.78 is 77.4. The number of hydrogen-bond donors (Lipinski definition) is 1. The minimum atomic E-state index is -4.92. The van der Waals surface area contributed by atoms with Gasteiger partial charge < -0.3 is 5.73 Å². The molecular formula is C10H5F6N3. The molecule has 0 radical (unpaired) electrons. The molecule has 0 atom stereocenters. The van der Waals surface area contributed by atoms with E-state index in [0.29, 0.717) is 18.3 Å². The summed E-state index contributed by atoms with van der Waals surface area (Å²) in [6, 6.07) is 1.13. The molecule has 1 aromatic heterocycles. The second-order valence-electron chi connectivity index (χ2n) is 3.55. The van der Waals surface area contributed by atoms with Crippen LogP contribution in [0.5, 0.6) is 0 Å². The van der Waals surface area contributed by atoms with Gasteiger partial charge in [0, 0.05) is 0 Å². The van der Waals surface area contributed by atoms with E-state index >= 15 is 0 Å². The Morgan fingerprint density at radius 1 is 1.05 bits per heavy atom. The van der Waals surface area contributed by atoms with Crippen molar-refractivity contribution in [2.24, 2.45) is 0 Å². The van der Waals surface area contributed by atoms with Gasteiger partial charge in [-0.05, 0) is 12.1 Å². The van der Waals surface area contributed by atoms with Crippen molar-refractivity contribution < 1.29 is 26.3 Å². The fourth-order valence-electron chi connectivity index (χ4n) is 1.51. The SMILES string of the molecule is Nc1cnn(-c2ccc(F)c(F)c2F)c1C(F)(F)F. The molecule has 3 nitrogen and oxygen atoms in total. The van der Waals surface area contributed by atoms with Crippen LogP contribution in [0.15, 0.2) is 18.3 Å². The van der Waals surface area contributed by atoms with Crippen LogP contribution in [-0.2, 0) is 6.18 Å². The third kappa shape index (κ3) is 2.11. The minimum absolute atomic E-state index is 0.0766. The Morgan fingerprint density at radius 3 is 2.26 bits per heavy atom. The lowest BCUT2D eigenvalue weighted by Gasteiger charge is -2.12. The lowest BCUT2D eigenvalue weighted by molar-refractivity contribution is -0.142. The van der Waals surface area contributed by atoms with E-state index in [0.717, 1.165) is 0 Å². The maximum atomic E-state index is 13.4. The van der Waals surface area contributed by atoms with Crippen molar-refractivity contribution in [3.63, 3.8) is 0 Å². The van der Waals surface area contributed by atoms with Crippen molar-refractivity contribution >= 4 is 5.69 Å².